The van der Waals surface area contributed by atoms with E-state index in [1.54, 1.807) is 0 Å². The summed E-state index contributed by atoms with van der Waals surface area (Å²) in [5.41, 5.74) is 2.08. The van der Waals surface area contributed by atoms with Gasteiger partial charge in [0.05, 0.1) is 6.61 Å². The van der Waals surface area contributed by atoms with Crippen LogP contribution in [-0.4, -0.2) is 47.8 Å². The number of carbonyl (C=O) groups is 2. The van der Waals surface area contributed by atoms with E-state index in [4.69, 9.17) is 15.2 Å². The van der Waals surface area contributed by atoms with Gasteiger partial charge >= 0.3 is 6.18 Å². The third-order valence-corrected chi connectivity index (χ3v) is 6.85. The maximum atomic E-state index is 14.8. The number of nitrogens with two attached hydrogens (primary N) is 1. The first-order valence-electron chi connectivity index (χ1n) is 11.1. The number of pyridine rings is 1. The van der Waals surface area contributed by atoms with Gasteiger partial charge in [0.15, 0.2) is 17.2 Å². The third kappa shape index (κ3) is 5.95. The summed E-state index contributed by atoms with van der Waals surface area (Å²) in [5, 5.41) is 2.40. The lowest BCUT2D eigenvalue weighted by molar-refractivity contribution is -0.272. The molecule has 1 aromatic heterocycles. The lowest BCUT2D eigenvalue weighted by Crippen LogP contribution is -2.47. The predicted molar refractivity (Wildman–Crippen MR) is 131 cm³/mol. The normalized spacial score (nSPS) is 23.6. The molecule has 1 aliphatic heterocycles. The first-order valence-corrected chi connectivity index (χ1v) is 12.1. The molecule has 2 amide bonds. The number of benzene rings is 1. The van der Waals surface area contributed by atoms with Crippen molar-refractivity contribution in [1.82, 2.24) is 8.51 Å². The summed E-state index contributed by atoms with van der Waals surface area (Å²) >= 11 is 1.89. The third-order valence-electron chi connectivity index (χ3n) is 6.31. The number of nitrogens with zero attached hydrogens (tertiary/aromatic N) is 1. The predicted octanol–water partition coefficient (Wildman–Crippen LogP) is 4.25. The van der Waals surface area contributed by atoms with E-state index in [-0.39, 0.29) is 23.6 Å². The maximum Gasteiger partial charge on any atom is 0.417 e. The van der Waals surface area contributed by atoms with E-state index in [0.717, 1.165) is 25.1 Å². The Hall–Kier alpha value is -2.59. The number of hydrogen-bond acceptors (Lipinski definition) is 6. The van der Waals surface area contributed by atoms with Gasteiger partial charge in [-0.15, -0.1) is 0 Å². The summed E-state index contributed by atoms with van der Waals surface area (Å²) in [5.74, 6) is -7.90. The number of primary amides is 1. The molecule has 0 saturated carbocycles. The van der Waals surface area contributed by atoms with Crippen molar-refractivity contribution in [2.75, 3.05) is 18.5 Å². The van der Waals surface area contributed by atoms with E-state index >= 15 is 0 Å². The molecule has 14 heteroatoms. The van der Waals surface area contributed by atoms with E-state index in [1.165, 1.54) is 19.2 Å². The Labute approximate surface area is 223 Å². The van der Waals surface area contributed by atoms with Crippen LogP contribution in [0.3, 0.4) is 0 Å². The van der Waals surface area contributed by atoms with Crippen molar-refractivity contribution in [3.8, 4) is 5.75 Å². The molecule has 1 aliphatic rings. The van der Waals surface area contributed by atoms with E-state index in [9.17, 15) is 31.5 Å². The molecule has 3 rings (SSSR count). The fraction of sp³-hybridized carbons (Fsp3) is 0.435. The van der Waals surface area contributed by atoms with Gasteiger partial charge in [-0.3, -0.25) is 18.1 Å². The highest BCUT2D eigenvalue weighted by Crippen LogP contribution is 2.55. The first kappa shape index (κ1) is 29.0. The molecule has 0 spiro atoms. The molecule has 4 atom stereocenters. The fourth-order valence-corrected chi connectivity index (χ4v) is 4.53. The summed E-state index contributed by atoms with van der Waals surface area (Å²) in [6.45, 7) is 2.42. The second-order valence-electron chi connectivity index (χ2n) is 8.61. The summed E-state index contributed by atoms with van der Waals surface area (Å²) in [6, 6.07) is 4.30. The SMILES string of the molecule is C[C@H]1[C@@H](c2ccc(F)c(F)c2OCCCNI)[C@H](C(=O)Nc2ccnc(C(N)=O)c2)O[C@@]1(C)C(F)(F)F. The molecule has 1 fully saturated rings. The molecule has 1 saturated heterocycles. The Kier molecular flexibility index (Phi) is 8.95. The lowest BCUT2D eigenvalue weighted by atomic mass is 9.77. The molecule has 4 N–H and O–H groups in total. The number of hydrogen-bond donors (Lipinski definition) is 3. The highest BCUT2D eigenvalue weighted by molar-refractivity contribution is 14.1. The zero-order chi connectivity index (χ0) is 27.5. The second-order valence-corrected chi connectivity index (χ2v) is 9.37. The number of aromatic nitrogens is 1. The molecule has 0 bridgehead atoms. The molecule has 8 nitrogen and oxygen atoms in total. The second kappa shape index (κ2) is 11.4. The molecule has 0 radical (unpaired) electrons. The molecule has 1 aromatic carbocycles. The number of anilines is 1. The van der Waals surface area contributed by atoms with Crippen LogP contribution in [0.15, 0.2) is 30.5 Å². The molecule has 2 aromatic rings. The van der Waals surface area contributed by atoms with Gasteiger partial charge in [-0.1, -0.05) is 13.0 Å². The summed E-state index contributed by atoms with van der Waals surface area (Å²) < 4.78 is 85.0. The van der Waals surface area contributed by atoms with E-state index in [2.05, 4.69) is 13.8 Å². The van der Waals surface area contributed by atoms with Crippen molar-refractivity contribution in [3.05, 3.63) is 53.4 Å². The minimum absolute atomic E-state index is 0.0254. The monoisotopic (exact) mass is 642 g/mol. The van der Waals surface area contributed by atoms with Crippen LogP contribution in [0.4, 0.5) is 27.6 Å². The van der Waals surface area contributed by atoms with E-state index in [0.29, 0.717) is 13.0 Å². The average Bonchev–Trinajstić information content (AvgIpc) is 3.11. The molecule has 0 unspecified atom stereocenters. The Morgan fingerprint density at radius 2 is 1.97 bits per heavy atom. The Balaban J connectivity index is 2.05. The highest BCUT2D eigenvalue weighted by Gasteiger charge is 2.66. The van der Waals surface area contributed by atoms with Gasteiger partial charge < -0.3 is 20.5 Å². The number of alkyl halides is 3. The average molecular weight is 642 g/mol. The number of amides is 2. The summed E-state index contributed by atoms with van der Waals surface area (Å²) in [4.78, 5) is 28.4. The van der Waals surface area contributed by atoms with Crippen LogP contribution in [0.25, 0.3) is 0 Å². The molecule has 37 heavy (non-hydrogen) atoms. The number of nitrogens with one attached hydrogen (secondary N) is 2. The number of ether oxygens (including phenoxy) is 2. The Morgan fingerprint density at radius 3 is 2.59 bits per heavy atom. The minimum atomic E-state index is -4.90. The van der Waals surface area contributed by atoms with Crippen molar-refractivity contribution in [1.29, 1.82) is 0 Å². The zero-order valence-corrected chi connectivity index (χ0v) is 21.8. The van der Waals surface area contributed by atoms with Crippen molar-refractivity contribution in [2.45, 2.75) is 44.1 Å². The summed E-state index contributed by atoms with van der Waals surface area (Å²) in [7, 11) is 0. The number of carbonyl (C=O) groups excluding carboxylic acids is 2. The van der Waals surface area contributed by atoms with Crippen LogP contribution < -0.4 is 19.3 Å². The van der Waals surface area contributed by atoms with Crippen LogP contribution in [0.1, 0.15) is 42.2 Å². The Bertz CT molecular complexity index is 1170. The molecule has 0 aliphatic carbocycles. The van der Waals surface area contributed by atoms with Crippen LogP contribution in [0.5, 0.6) is 5.75 Å². The van der Waals surface area contributed by atoms with Crippen molar-refractivity contribution in [2.24, 2.45) is 11.7 Å². The quantitative estimate of drug-likeness (QED) is 0.163. The van der Waals surface area contributed by atoms with Crippen molar-refractivity contribution < 1.29 is 41.0 Å². The molecular weight excluding hydrogens is 618 g/mol. The van der Waals surface area contributed by atoms with Gasteiger partial charge in [0.1, 0.15) is 11.8 Å². The number of halogens is 6. The lowest BCUT2D eigenvalue weighted by Gasteiger charge is -2.32. The molecule has 2 heterocycles. The van der Waals surface area contributed by atoms with Gasteiger partial charge in [-0.05, 0) is 31.5 Å². The van der Waals surface area contributed by atoms with Gasteiger partial charge in [0, 0.05) is 58.7 Å². The van der Waals surface area contributed by atoms with E-state index < -0.39 is 58.9 Å². The smallest absolute Gasteiger partial charge is 0.417 e. The van der Waals surface area contributed by atoms with Crippen LogP contribution >= 0.6 is 22.9 Å². The van der Waals surface area contributed by atoms with Crippen molar-refractivity contribution >= 4 is 40.4 Å². The van der Waals surface area contributed by atoms with Gasteiger partial charge in [-0.25, -0.2) is 4.39 Å². The highest BCUT2D eigenvalue weighted by atomic mass is 127. The van der Waals surface area contributed by atoms with Crippen LogP contribution in [0.2, 0.25) is 0 Å². The fourth-order valence-electron chi connectivity index (χ4n) is 4.15. The Morgan fingerprint density at radius 1 is 1.27 bits per heavy atom. The zero-order valence-electron chi connectivity index (χ0n) is 19.7. The molecule has 202 valence electrons. The van der Waals surface area contributed by atoms with Gasteiger partial charge in [0.2, 0.25) is 5.82 Å². The maximum absolute atomic E-state index is 14.8. The minimum Gasteiger partial charge on any atom is -0.490 e. The largest absolute Gasteiger partial charge is 0.490 e. The van der Waals surface area contributed by atoms with E-state index in [1.807, 2.05) is 22.9 Å². The topological polar surface area (TPSA) is 116 Å². The first-order chi connectivity index (χ1) is 17.3. The standard InChI is InChI=1S/C23H24F5IN4O4/c1-11-16(13-4-5-14(24)17(25)18(13)36-9-3-7-32-29)19(37-22(11,2)23(26,27)28)21(35)33-12-6-8-31-15(10-12)20(30)34/h4-6,8,10-11,16,19,32H,3,7,9H2,1-2H3,(H2,30,34)(H,31,33,35)/t11-,16-,19+,22+/m0/s1. The number of rotatable bonds is 9. The molecular formula is C23H24F5IN4O4. The van der Waals surface area contributed by atoms with Crippen LogP contribution in [-0.2, 0) is 9.53 Å². The van der Waals surface area contributed by atoms with Gasteiger partial charge in [-0.2, -0.15) is 17.6 Å². The van der Waals surface area contributed by atoms with Crippen molar-refractivity contribution in [3.63, 3.8) is 0 Å². The summed E-state index contributed by atoms with van der Waals surface area (Å²) in [6.07, 6.45) is -5.11. The van der Waals surface area contributed by atoms with Crippen LogP contribution in [0, 0.1) is 17.6 Å². The van der Waals surface area contributed by atoms with Gasteiger partial charge in [0.25, 0.3) is 11.8 Å².